The maximum atomic E-state index is 12.1. The van der Waals surface area contributed by atoms with Crippen molar-refractivity contribution in [3.8, 4) is 5.75 Å². The Kier molecular flexibility index (Phi) is 4.30. The Balaban J connectivity index is 2.02. The van der Waals surface area contributed by atoms with E-state index in [4.69, 9.17) is 9.47 Å². The van der Waals surface area contributed by atoms with E-state index >= 15 is 0 Å². The predicted molar refractivity (Wildman–Crippen MR) is 92.5 cm³/mol. The van der Waals surface area contributed by atoms with E-state index in [0.717, 1.165) is 21.2 Å². The fourth-order valence-electron chi connectivity index (χ4n) is 2.30. The van der Waals surface area contributed by atoms with Gasteiger partial charge in [-0.05, 0) is 42.8 Å². The van der Waals surface area contributed by atoms with E-state index in [1.54, 1.807) is 13.2 Å². The highest BCUT2D eigenvalue weighted by atomic mass is 79.9. The highest BCUT2D eigenvalue weighted by molar-refractivity contribution is 9.10. The van der Waals surface area contributed by atoms with E-state index in [2.05, 4.69) is 20.9 Å². The highest BCUT2D eigenvalue weighted by Gasteiger charge is 2.25. The lowest BCUT2D eigenvalue weighted by Gasteiger charge is -2.04. The van der Waals surface area contributed by atoms with Gasteiger partial charge in [-0.1, -0.05) is 34.1 Å². The number of rotatable bonds is 3. The quantitative estimate of drug-likeness (QED) is 0.602. The summed E-state index contributed by atoms with van der Waals surface area (Å²) < 4.78 is 11.5. The van der Waals surface area contributed by atoms with Gasteiger partial charge in [0.15, 0.2) is 5.70 Å². The van der Waals surface area contributed by atoms with Crippen LogP contribution < -0.4 is 4.74 Å². The van der Waals surface area contributed by atoms with E-state index in [1.165, 1.54) is 0 Å². The van der Waals surface area contributed by atoms with Gasteiger partial charge in [-0.2, -0.15) is 0 Å². The number of carbonyl (C=O) groups is 1. The van der Waals surface area contributed by atoms with Gasteiger partial charge in [0.2, 0.25) is 5.90 Å². The number of carbonyl (C=O) groups excluding carboxylic acids is 1. The Bertz CT molecular complexity index is 840. The zero-order valence-electron chi connectivity index (χ0n) is 12.7. The molecule has 0 N–H and O–H groups in total. The Hall–Kier alpha value is -2.40. The summed E-state index contributed by atoms with van der Waals surface area (Å²) in [5, 5.41) is 0. The second kappa shape index (κ2) is 6.38. The van der Waals surface area contributed by atoms with Crippen LogP contribution >= 0.6 is 15.9 Å². The Morgan fingerprint density at radius 3 is 2.74 bits per heavy atom. The first-order valence-electron chi connectivity index (χ1n) is 7.00. The van der Waals surface area contributed by atoms with Crippen LogP contribution in [-0.2, 0) is 9.53 Å². The Labute approximate surface area is 142 Å². The van der Waals surface area contributed by atoms with Gasteiger partial charge >= 0.3 is 5.97 Å². The third-order valence-corrected chi connectivity index (χ3v) is 3.97. The van der Waals surface area contributed by atoms with Crippen molar-refractivity contribution < 1.29 is 14.3 Å². The number of hydrogen-bond donors (Lipinski definition) is 0. The largest absolute Gasteiger partial charge is 0.496 e. The van der Waals surface area contributed by atoms with Crippen molar-refractivity contribution >= 4 is 33.9 Å². The van der Waals surface area contributed by atoms with Gasteiger partial charge < -0.3 is 9.47 Å². The minimum atomic E-state index is -0.467. The third-order valence-electron chi connectivity index (χ3n) is 3.48. The van der Waals surface area contributed by atoms with Crippen LogP contribution in [0.1, 0.15) is 16.7 Å². The van der Waals surface area contributed by atoms with Gasteiger partial charge in [0.25, 0.3) is 0 Å². The number of hydrogen-bond acceptors (Lipinski definition) is 4. The van der Waals surface area contributed by atoms with E-state index in [1.807, 2.05) is 49.4 Å². The first kappa shape index (κ1) is 15.5. The van der Waals surface area contributed by atoms with Crippen molar-refractivity contribution in [3.63, 3.8) is 0 Å². The molecule has 0 aromatic heterocycles. The molecular weight excluding hydrogens is 358 g/mol. The number of nitrogens with zero attached hydrogens (tertiary/aromatic N) is 1. The number of aryl methyl sites for hydroxylation is 1. The molecule has 0 saturated carbocycles. The van der Waals surface area contributed by atoms with Crippen LogP contribution in [0.2, 0.25) is 0 Å². The van der Waals surface area contributed by atoms with Crippen LogP contribution in [0.3, 0.4) is 0 Å². The average molecular weight is 372 g/mol. The maximum absolute atomic E-state index is 12.1. The average Bonchev–Trinajstić information content (AvgIpc) is 2.89. The number of cyclic esters (lactones) is 1. The zero-order chi connectivity index (χ0) is 16.4. The number of esters is 1. The molecule has 1 aliphatic heterocycles. The molecular formula is C18H14BrNO3. The molecule has 0 fully saturated rings. The Morgan fingerprint density at radius 2 is 2.00 bits per heavy atom. The molecule has 1 heterocycles. The van der Waals surface area contributed by atoms with Gasteiger partial charge in [0, 0.05) is 15.6 Å². The summed E-state index contributed by atoms with van der Waals surface area (Å²) >= 11 is 3.41. The molecule has 0 amide bonds. The predicted octanol–water partition coefficient (Wildman–Crippen LogP) is 4.11. The minimum absolute atomic E-state index is 0.250. The molecule has 2 aromatic rings. The van der Waals surface area contributed by atoms with Crippen molar-refractivity contribution in [3.05, 3.63) is 69.3 Å². The van der Waals surface area contributed by atoms with Crippen molar-refractivity contribution in [2.75, 3.05) is 7.11 Å². The van der Waals surface area contributed by atoms with Crippen molar-refractivity contribution in [1.29, 1.82) is 0 Å². The minimum Gasteiger partial charge on any atom is -0.496 e. The number of benzene rings is 2. The second-order valence-electron chi connectivity index (χ2n) is 5.04. The summed E-state index contributed by atoms with van der Waals surface area (Å²) in [6.45, 7) is 1.95. The summed E-state index contributed by atoms with van der Waals surface area (Å²) in [7, 11) is 1.58. The normalized spacial score (nSPS) is 15.5. The molecule has 23 heavy (non-hydrogen) atoms. The summed E-state index contributed by atoms with van der Waals surface area (Å²) in [6.07, 6.45) is 1.66. The zero-order valence-corrected chi connectivity index (χ0v) is 14.3. The monoisotopic (exact) mass is 371 g/mol. The smallest absolute Gasteiger partial charge is 0.363 e. The molecule has 0 atom stereocenters. The fourth-order valence-corrected chi connectivity index (χ4v) is 2.68. The van der Waals surface area contributed by atoms with Gasteiger partial charge in [0.1, 0.15) is 5.75 Å². The molecule has 0 spiro atoms. The van der Waals surface area contributed by atoms with Crippen LogP contribution in [0.4, 0.5) is 0 Å². The lowest BCUT2D eigenvalue weighted by atomic mass is 10.1. The van der Waals surface area contributed by atoms with Crippen LogP contribution in [0, 0.1) is 6.92 Å². The lowest BCUT2D eigenvalue weighted by Crippen LogP contribution is -2.06. The molecule has 4 nitrogen and oxygen atoms in total. The third kappa shape index (κ3) is 3.19. The van der Waals surface area contributed by atoms with Crippen molar-refractivity contribution in [1.82, 2.24) is 0 Å². The van der Waals surface area contributed by atoms with E-state index in [0.29, 0.717) is 11.6 Å². The number of halogens is 1. The SMILES string of the molecule is COc1ccc(Br)cc1/C=C1\N=C(c2ccccc2C)OC1=O. The van der Waals surface area contributed by atoms with E-state index < -0.39 is 5.97 Å². The van der Waals surface area contributed by atoms with Crippen molar-refractivity contribution in [2.24, 2.45) is 4.99 Å². The van der Waals surface area contributed by atoms with Crippen LogP contribution in [-0.4, -0.2) is 19.0 Å². The molecule has 0 unspecified atom stereocenters. The highest BCUT2D eigenvalue weighted by Crippen LogP contribution is 2.27. The van der Waals surface area contributed by atoms with Gasteiger partial charge in [-0.15, -0.1) is 0 Å². The standard InChI is InChI=1S/C18H14BrNO3/c1-11-5-3-4-6-14(11)17-20-15(18(21)23-17)10-12-9-13(19)7-8-16(12)22-2/h3-10H,1-2H3/b15-10-. The number of ether oxygens (including phenoxy) is 2. The van der Waals surface area contributed by atoms with Crippen molar-refractivity contribution in [2.45, 2.75) is 6.92 Å². The molecule has 0 aliphatic carbocycles. The summed E-state index contributed by atoms with van der Waals surface area (Å²) in [6, 6.07) is 13.2. The molecule has 2 aromatic carbocycles. The van der Waals surface area contributed by atoms with Crippen LogP contribution in [0.5, 0.6) is 5.75 Å². The summed E-state index contributed by atoms with van der Waals surface area (Å²) in [5.41, 5.74) is 2.81. The lowest BCUT2D eigenvalue weighted by molar-refractivity contribution is -0.129. The Morgan fingerprint density at radius 1 is 1.22 bits per heavy atom. The molecule has 0 saturated heterocycles. The number of aliphatic imine (C=N–C) groups is 1. The first-order chi connectivity index (χ1) is 11.1. The molecule has 3 rings (SSSR count). The molecule has 5 heteroatoms. The van der Waals surface area contributed by atoms with E-state index in [-0.39, 0.29) is 5.70 Å². The topological polar surface area (TPSA) is 47.9 Å². The number of methoxy groups -OCH3 is 1. The van der Waals surface area contributed by atoms with Gasteiger partial charge in [0.05, 0.1) is 7.11 Å². The molecule has 0 radical (unpaired) electrons. The van der Waals surface area contributed by atoms with Gasteiger partial charge in [-0.25, -0.2) is 9.79 Å². The maximum Gasteiger partial charge on any atom is 0.363 e. The fraction of sp³-hybridized carbons (Fsp3) is 0.111. The summed E-state index contributed by atoms with van der Waals surface area (Å²) in [5.74, 6) is 0.520. The molecule has 1 aliphatic rings. The molecule has 116 valence electrons. The molecule has 0 bridgehead atoms. The second-order valence-corrected chi connectivity index (χ2v) is 5.95. The van der Waals surface area contributed by atoms with Crippen LogP contribution in [0.15, 0.2) is 57.6 Å². The van der Waals surface area contributed by atoms with E-state index in [9.17, 15) is 4.79 Å². The summed E-state index contributed by atoms with van der Waals surface area (Å²) in [4.78, 5) is 16.4. The van der Waals surface area contributed by atoms with Gasteiger partial charge in [-0.3, -0.25) is 0 Å². The van der Waals surface area contributed by atoms with Crippen LogP contribution in [0.25, 0.3) is 6.08 Å². The first-order valence-corrected chi connectivity index (χ1v) is 7.80.